The van der Waals surface area contributed by atoms with Crippen LogP contribution in [0.4, 0.5) is 11.4 Å². The molecule has 0 spiro atoms. The third-order valence-corrected chi connectivity index (χ3v) is 8.35. The van der Waals surface area contributed by atoms with Crippen molar-refractivity contribution in [3.63, 3.8) is 0 Å². The monoisotopic (exact) mass is 558 g/mol. The van der Waals surface area contributed by atoms with Crippen LogP contribution in [0.5, 0.6) is 11.5 Å². The lowest BCUT2D eigenvalue weighted by molar-refractivity contribution is -0.148. The Morgan fingerprint density at radius 2 is 1.82 bits per heavy atom. The van der Waals surface area contributed by atoms with Gasteiger partial charge < -0.3 is 19.1 Å². The number of carbonyl (C=O) groups excluding carboxylic acids is 2. The minimum absolute atomic E-state index is 0.0979. The number of anilines is 2. The van der Waals surface area contributed by atoms with Gasteiger partial charge in [-0.1, -0.05) is 35.9 Å². The number of hydrogen-bond donors (Lipinski definition) is 0. The second kappa shape index (κ2) is 10.9. The zero-order valence-corrected chi connectivity index (χ0v) is 22.9. The molecule has 200 valence electrons. The molecule has 1 aliphatic rings. The molecule has 0 aromatic heterocycles. The van der Waals surface area contributed by atoms with Gasteiger partial charge in [0.15, 0.2) is 0 Å². The Hall–Kier alpha value is -3.76. The molecule has 0 aliphatic carbocycles. The predicted molar refractivity (Wildman–Crippen MR) is 144 cm³/mol. The number of nitrogens with zero attached hydrogens (tertiary/aromatic N) is 2. The molecule has 0 unspecified atom stereocenters. The van der Waals surface area contributed by atoms with Crippen molar-refractivity contribution in [3.05, 3.63) is 76.8 Å². The van der Waals surface area contributed by atoms with Gasteiger partial charge in [0.25, 0.3) is 10.0 Å². The Bertz CT molecular complexity index is 1490. The molecule has 0 saturated heterocycles. The van der Waals surface area contributed by atoms with Crippen molar-refractivity contribution in [1.82, 2.24) is 0 Å². The first kappa shape index (κ1) is 27.3. The average Bonchev–Trinajstić information content (AvgIpc) is 2.91. The first-order valence-electron chi connectivity index (χ1n) is 11.6. The average molecular weight is 559 g/mol. The number of esters is 1. The second-order valence-electron chi connectivity index (χ2n) is 8.70. The fraction of sp³-hybridized carbons (Fsp3) is 0.259. The van der Waals surface area contributed by atoms with Crippen molar-refractivity contribution < 1.29 is 32.2 Å². The van der Waals surface area contributed by atoms with Crippen LogP contribution in [0.3, 0.4) is 0 Å². The number of fused-ring (bicyclic) bond motifs is 1. The number of hydrogen-bond acceptors (Lipinski definition) is 7. The maximum Gasteiger partial charge on any atom is 0.348 e. The molecule has 0 fully saturated rings. The van der Waals surface area contributed by atoms with Crippen molar-refractivity contribution in [2.75, 3.05) is 36.5 Å². The molecule has 38 heavy (non-hydrogen) atoms. The molecule has 1 atom stereocenters. The van der Waals surface area contributed by atoms with E-state index in [1.165, 1.54) is 31.3 Å². The van der Waals surface area contributed by atoms with E-state index < -0.39 is 34.5 Å². The van der Waals surface area contributed by atoms with Crippen molar-refractivity contribution in [3.8, 4) is 11.5 Å². The van der Waals surface area contributed by atoms with Gasteiger partial charge in [0.1, 0.15) is 22.9 Å². The molecular weight excluding hydrogens is 532 g/mol. The van der Waals surface area contributed by atoms with Gasteiger partial charge in [-0.15, -0.1) is 0 Å². The van der Waals surface area contributed by atoms with E-state index in [0.29, 0.717) is 22.0 Å². The van der Waals surface area contributed by atoms with Crippen LogP contribution in [0.25, 0.3) is 0 Å². The summed E-state index contributed by atoms with van der Waals surface area (Å²) in [6.45, 7) is 2.81. The minimum Gasteiger partial charge on any atom is -0.495 e. The summed E-state index contributed by atoms with van der Waals surface area (Å²) in [5, 5.41) is 0.342. The zero-order chi connectivity index (χ0) is 27.6. The van der Waals surface area contributed by atoms with Gasteiger partial charge in [0.05, 0.1) is 32.1 Å². The molecule has 4 rings (SSSR count). The first-order valence-corrected chi connectivity index (χ1v) is 13.5. The third kappa shape index (κ3) is 5.27. The number of sulfonamides is 1. The molecule has 1 aliphatic heterocycles. The van der Waals surface area contributed by atoms with E-state index in [-0.39, 0.29) is 22.9 Å². The SMILES string of the molecule is COC(=O)[C@H]1CN(C(=O)CN(c2ccc(C)c(Cl)c2)S(=O)(=O)c2cc(C)ccc2OC)c2ccccc2O1. The van der Waals surface area contributed by atoms with E-state index in [4.69, 9.17) is 25.8 Å². The number of halogens is 1. The second-order valence-corrected chi connectivity index (χ2v) is 10.9. The van der Waals surface area contributed by atoms with Crippen LogP contribution in [0.1, 0.15) is 11.1 Å². The predicted octanol–water partition coefficient (Wildman–Crippen LogP) is 4.13. The zero-order valence-electron chi connectivity index (χ0n) is 21.3. The summed E-state index contributed by atoms with van der Waals surface area (Å²) >= 11 is 6.35. The van der Waals surface area contributed by atoms with Crippen molar-refractivity contribution in [2.45, 2.75) is 24.8 Å². The van der Waals surface area contributed by atoms with Crippen molar-refractivity contribution in [1.29, 1.82) is 0 Å². The maximum atomic E-state index is 14.1. The maximum absolute atomic E-state index is 14.1. The molecule has 3 aromatic rings. The van der Waals surface area contributed by atoms with Crippen LogP contribution in [0, 0.1) is 13.8 Å². The van der Waals surface area contributed by atoms with Gasteiger partial charge in [0.2, 0.25) is 12.0 Å². The molecule has 1 amide bonds. The summed E-state index contributed by atoms with van der Waals surface area (Å²) in [5.74, 6) is -0.803. The van der Waals surface area contributed by atoms with E-state index >= 15 is 0 Å². The summed E-state index contributed by atoms with van der Waals surface area (Å²) in [6, 6.07) is 16.2. The first-order chi connectivity index (χ1) is 18.1. The Labute approximate surface area is 226 Å². The van der Waals surface area contributed by atoms with Crippen molar-refractivity contribution >= 4 is 44.9 Å². The Morgan fingerprint density at radius 1 is 1.08 bits per heavy atom. The lowest BCUT2D eigenvalue weighted by atomic mass is 10.1. The largest absolute Gasteiger partial charge is 0.495 e. The molecule has 0 radical (unpaired) electrons. The molecule has 1 heterocycles. The number of amides is 1. The summed E-state index contributed by atoms with van der Waals surface area (Å²) in [7, 11) is -1.72. The highest BCUT2D eigenvalue weighted by atomic mass is 35.5. The van der Waals surface area contributed by atoms with Gasteiger partial charge in [-0.2, -0.15) is 0 Å². The smallest absolute Gasteiger partial charge is 0.348 e. The topological polar surface area (TPSA) is 102 Å². The van der Waals surface area contributed by atoms with Crippen LogP contribution in [0.15, 0.2) is 65.6 Å². The third-order valence-electron chi connectivity index (χ3n) is 6.15. The fourth-order valence-electron chi connectivity index (χ4n) is 4.09. The van der Waals surface area contributed by atoms with Gasteiger partial charge in [-0.05, 0) is 61.4 Å². The highest BCUT2D eigenvalue weighted by Gasteiger charge is 2.37. The summed E-state index contributed by atoms with van der Waals surface area (Å²) in [4.78, 5) is 27.3. The van der Waals surface area contributed by atoms with E-state index in [2.05, 4.69) is 0 Å². The van der Waals surface area contributed by atoms with Gasteiger partial charge in [-0.25, -0.2) is 13.2 Å². The van der Waals surface area contributed by atoms with E-state index in [1.807, 2.05) is 0 Å². The fourth-order valence-corrected chi connectivity index (χ4v) is 5.91. The number of rotatable bonds is 7. The van der Waals surface area contributed by atoms with E-state index in [1.54, 1.807) is 62.4 Å². The van der Waals surface area contributed by atoms with E-state index in [0.717, 1.165) is 9.87 Å². The van der Waals surface area contributed by atoms with Crippen molar-refractivity contribution in [2.24, 2.45) is 0 Å². The standard InChI is InChI=1S/C27H27ClN2O7S/c1-17-9-12-23(35-3)25(13-17)38(33,34)30(19-11-10-18(2)20(28)14-19)16-26(31)29-15-24(27(32)36-4)37-22-8-6-5-7-21(22)29/h5-14,24H,15-16H2,1-4H3/t24-/m1/s1. The number of benzene rings is 3. The number of methoxy groups -OCH3 is 2. The number of carbonyl (C=O) groups is 2. The highest BCUT2D eigenvalue weighted by molar-refractivity contribution is 7.93. The highest BCUT2D eigenvalue weighted by Crippen LogP contribution is 2.36. The molecule has 0 saturated carbocycles. The summed E-state index contributed by atoms with van der Waals surface area (Å²) in [5.41, 5.74) is 2.05. The lowest BCUT2D eigenvalue weighted by Crippen LogP contribution is -2.51. The number of ether oxygens (including phenoxy) is 3. The number of aryl methyl sites for hydroxylation is 2. The lowest BCUT2D eigenvalue weighted by Gasteiger charge is -2.35. The summed E-state index contributed by atoms with van der Waals surface area (Å²) < 4.78 is 45.0. The van der Waals surface area contributed by atoms with Gasteiger partial charge in [0, 0.05) is 5.02 Å². The molecular formula is C27H27ClN2O7S. The molecule has 0 bridgehead atoms. The molecule has 11 heteroatoms. The summed E-state index contributed by atoms with van der Waals surface area (Å²) in [6.07, 6.45) is -1.07. The van der Waals surface area contributed by atoms with Gasteiger partial charge in [-0.3, -0.25) is 9.10 Å². The van der Waals surface area contributed by atoms with Crippen LogP contribution >= 0.6 is 11.6 Å². The quantitative estimate of drug-likeness (QED) is 0.402. The number of para-hydroxylation sites is 2. The normalized spacial score (nSPS) is 14.8. The van der Waals surface area contributed by atoms with Crippen LogP contribution < -0.4 is 18.7 Å². The minimum atomic E-state index is -4.32. The Kier molecular flexibility index (Phi) is 7.84. The van der Waals surface area contributed by atoms with Gasteiger partial charge >= 0.3 is 5.97 Å². The molecule has 3 aromatic carbocycles. The van der Waals surface area contributed by atoms with E-state index in [9.17, 15) is 18.0 Å². The molecule has 9 nitrogen and oxygen atoms in total. The van der Waals surface area contributed by atoms with Crippen LogP contribution in [0.2, 0.25) is 5.02 Å². The Balaban J connectivity index is 1.80. The van der Waals surface area contributed by atoms with Crippen LogP contribution in [-0.4, -0.2) is 53.7 Å². The Morgan fingerprint density at radius 3 is 2.50 bits per heavy atom. The molecule has 0 N–H and O–H groups in total. The van der Waals surface area contributed by atoms with Crippen LogP contribution in [-0.2, 0) is 24.3 Å².